The van der Waals surface area contributed by atoms with E-state index in [0.717, 1.165) is 22.6 Å². The summed E-state index contributed by atoms with van der Waals surface area (Å²) < 4.78 is 2.03. The number of rotatable bonds is 5. The summed E-state index contributed by atoms with van der Waals surface area (Å²) in [6, 6.07) is 19.9. The van der Waals surface area contributed by atoms with E-state index in [9.17, 15) is 4.79 Å². The molecule has 116 valence electrons. The predicted molar refractivity (Wildman–Crippen MR) is 91.6 cm³/mol. The molecule has 1 unspecified atom stereocenters. The highest BCUT2D eigenvalue weighted by Gasteiger charge is 2.17. The summed E-state index contributed by atoms with van der Waals surface area (Å²) in [7, 11) is 0. The van der Waals surface area contributed by atoms with Crippen molar-refractivity contribution >= 4 is 5.91 Å². The van der Waals surface area contributed by atoms with E-state index in [0.29, 0.717) is 0 Å². The Hall–Kier alpha value is -2.88. The third-order valence-corrected chi connectivity index (χ3v) is 3.81. The summed E-state index contributed by atoms with van der Waals surface area (Å²) in [6.07, 6.45) is 2.27. The fraction of sp³-hybridized carbons (Fsp3) is 0.158. The zero-order chi connectivity index (χ0) is 16.2. The van der Waals surface area contributed by atoms with Crippen LogP contribution in [0.15, 0.2) is 66.9 Å². The van der Waals surface area contributed by atoms with Crippen molar-refractivity contribution in [3.05, 3.63) is 66.9 Å². The van der Waals surface area contributed by atoms with Crippen LogP contribution in [-0.4, -0.2) is 15.5 Å². The zero-order valence-electron chi connectivity index (χ0n) is 13.0. The van der Waals surface area contributed by atoms with Crippen LogP contribution in [0.1, 0.15) is 19.4 Å². The van der Waals surface area contributed by atoms with Crippen LogP contribution in [0.5, 0.6) is 0 Å². The van der Waals surface area contributed by atoms with Crippen molar-refractivity contribution in [1.29, 1.82) is 0 Å². The monoisotopic (exact) mass is 305 g/mol. The Morgan fingerprint density at radius 2 is 1.61 bits per heavy atom. The molecule has 23 heavy (non-hydrogen) atoms. The molecule has 1 heterocycles. The Kier molecular flexibility index (Phi) is 4.24. The van der Waals surface area contributed by atoms with E-state index in [-0.39, 0.29) is 18.4 Å². The number of amides is 1. The quantitative estimate of drug-likeness (QED) is 0.782. The fourth-order valence-corrected chi connectivity index (χ4v) is 2.67. The molecule has 1 aromatic heterocycles. The second-order valence-electron chi connectivity index (χ2n) is 5.61. The molecule has 1 atom stereocenters. The van der Waals surface area contributed by atoms with Crippen LogP contribution in [0.4, 0.5) is 0 Å². The van der Waals surface area contributed by atoms with Gasteiger partial charge >= 0.3 is 0 Å². The number of carbonyl (C=O) groups is 1. The molecule has 4 nitrogen and oxygen atoms in total. The Labute approximate surface area is 135 Å². The number of primary amides is 1. The first-order valence-electron chi connectivity index (χ1n) is 7.63. The lowest BCUT2D eigenvalue weighted by Crippen LogP contribution is -2.17. The van der Waals surface area contributed by atoms with E-state index < -0.39 is 0 Å². The molecule has 0 aliphatic rings. The molecule has 0 fully saturated rings. The third kappa shape index (κ3) is 3.31. The van der Waals surface area contributed by atoms with Crippen molar-refractivity contribution in [3.8, 4) is 22.6 Å². The van der Waals surface area contributed by atoms with Crippen LogP contribution in [-0.2, 0) is 4.79 Å². The molecule has 0 spiro atoms. The van der Waals surface area contributed by atoms with Gasteiger partial charge in [-0.3, -0.25) is 4.79 Å². The fourth-order valence-electron chi connectivity index (χ4n) is 2.67. The first-order valence-corrected chi connectivity index (χ1v) is 7.63. The van der Waals surface area contributed by atoms with Crippen LogP contribution < -0.4 is 5.73 Å². The Morgan fingerprint density at radius 1 is 1.04 bits per heavy atom. The molecular weight excluding hydrogens is 286 g/mol. The lowest BCUT2D eigenvalue weighted by Gasteiger charge is -2.14. The van der Waals surface area contributed by atoms with E-state index in [1.54, 1.807) is 0 Å². The molecule has 2 aromatic carbocycles. The summed E-state index contributed by atoms with van der Waals surface area (Å²) in [5.74, 6) is 0.532. The Morgan fingerprint density at radius 3 is 2.17 bits per heavy atom. The van der Waals surface area contributed by atoms with Crippen LogP contribution in [0.2, 0.25) is 0 Å². The minimum absolute atomic E-state index is 0.0485. The van der Waals surface area contributed by atoms with Gasteiger partial charge in [-0.25, -0.2) is 4.98 Å². The molecule has 4 heteroatoms. The second-order valence-corrected chi connectivity index (χ2v) is 5.61. The highest BCUT2D eigenvalue weighted by atomic mass is 16.1. The van der Waals surface area contributed by atoms with Gasteiger partial charge in [-0.15, -0.1) is 0 Å². The minimum Gasteiger partial charge on any atom is -0.370 e. The number of carbonyl (C=O) groups excluding carboxylic acids is 1. The lowest BCUT2D eigenvalue weighted by atomic mass is 10.1. The first-order chi connectivity index (χ1) is 11.1. The van der Waals surface area contributed by atoms with Gasteiger partial charge in [0.05, 0.1) is 5.69 Å². The molecule has 2 N–H and O–H groups in total. The van der Waals surface area contributed by atoms with Gasteiger partial charge in [0.2, 0.25) is 5.91 Å². The van der Waals surface area contributed by atoms with Gasteiger partial charge in [0.25, 0.3) is 0 Å². The van der Waals surface area contributed by atoms with Gasteiger partial charge in [0.1, 0.15) is 5.82 Å². The van der Waals surface area contributed by atoms with Crippen molar-refractivity contribution in [2.24, 2.45) is 5.73 Å². The SMILES string of the molecule is CC(CC(N)=O)n1cc(-c2ccccc2)nc1-c1ccccc1. The minimum atomic E-state index is -0.313. The van der Waals surface area contributed by atoms with Crippen LogP contribution in [0.25, 0.3) is 22.6 Å². The highest BCUT2D eigenvalue weighted by Crippen LogP contribution is 2.28. The molecule has 0 saturated carbocycles. The molecule has 1 amide bonds. The predicted octanol–water partition coefficient (Wildman–Crippen LogP) is 3.65. The van der Waals surface area contributed by atoms with E-state index in [4.69, 9.17) is 10.7 Å². The summed E-state index contributed by atoms with van der Waals surface area (Å²) in [5, 5.41) is 0. The largest absolute Gasteiger partial charge is 0.370 e. The average molecular weight is 305 g/mol. The van der Waals surface area contributed by atoms with E-state index in [1.807, 2.05) is 78.4 Å². The highest BCUT2D eigenvalue weighted by molar-refractivity contribution is 5.74. The van der Waals surface area contributed by atoms with Crippen molar-refractivity contribution in [1.82, 2.24) is 9.55 Å². The van der Waals surface area contributed by atoms with Gasteiger partial charge in [-0.05, 0) is 6.92 Å². The summed E-state index contributed by atoms with van der Waals surface area (Å²) >= 11 is 0. The van der Waals surface area contributed by atoms with E-state index in [1.165, 1.54) is 0 Å². The van der Waals surface area contributed by atoms with Gasteiger partial charge < -0.3 is 10.3 Å². The topological polar surface area (TPSA) is 60.9 Å². The second kappa shape index (κ2) is 6.48. The summed E-state index contributed by atoms with van der Waals surface area (Å²) in [5.41, 5.74) is 8.32. The first kappa shape index (κ1) is 15.0. The number of hydrogen-bond acceptors (Lipinski definition) is 2. The maximum Gasteiger partial charge on any atom is 0.219 e. The van der Waals surface area contributed by atoms with Gasteiger partial charge in [-0.2, -0.15) is 0 Å². The van der Waals surface area contributed by atoms with Gasteiger partial charge in [0, 0.05) is 29.8 Å². The number of benzene rings is 2. The molecule has 0 aliphatic carbocycles. The van der Waals surface area contributed by atoms with E-state index in [2.05, 4.69) is 0 Å². The number of aromatic nitrogens is 2. The number of nitrogens with zero attached hydrogens (tertiary/aromatic N) is 2. The maximum atomic E-state index is 11.3. The standard InChI is InChI=1S/C19H19N3O/c1-14(12-18(20)23)22-13-17(15-8-4-2-5-9-15)21-19(22)16-10-6-3-7-11-16/h2-11,13-14H,12H2,1H3,(H2,20,23). The van der Waals surface area contributed by atoms with Crippen LogP contribution >= 0.6 is 0 Å². The number of hydrogen-bond donors (Lipinski definition) is 1. The number of nitrogens with two attached hydrogens (primary N) is 1. The molecule has 0 bridgehead atoms. The number of imidazole rings is 1. The van der Waals surface area contributed by atoms with E-state index >= 15 is 0 Å². The summed E-state index contributed by atoms with van der Waals surface area (Å²) in [6.45, 7) is 1.98. The van der Waals surface area contributed by atoms with Crippen molar-refractivity contribution < 1.29 is 4.79 Å². The smallest absolute Gasteiger partial charge is 0.219 e. The van der Waals surface area contributed by atoms with Gasteiger partial charge in [0.15, 0.2) is 0 Å². The normalized spacial score (nSPS) is 12.0. The molecule has 0 saturated heterocycles. The van der Waals surface area contributed by atoms with Crippen LogP contribution in [0.3, 0.4) is 0 Å². The zero-order valence-corrected chi connectivity index (χ0v) is 13.0. The van der Waals surface area contributed by atoms with Crippen LogP contribution in [0, 0.1) is 0 Å². The Bertz CT molecular complexity index is 794. The molecule has 3 rings (SSSR count). The van der Waals surface area contributed by atoms with Gasteiger partial charge in [-0.1, -0.05) is 60.7 Å². The summed E-state index contributed by atoms with van der Waals surface area (Å²) in [4.78, 5) is 16.1. The van der Waals surface area contributed by atoms with Crippen molar-refractivity contribution in [3.63, 3.8) is 0 Å². The Balaban J connectivity index is 2.09. The van der Waals surface area contributed by atoms with Crippen molar-refractivity contribution in [2.45, 2.75) is 19.4 Å². The molecular formula is C19H19N3O. The maximum absolute atomic E-state index is 11.3. The molecule has 3 aromatic rings. The van der Waals surface area contributed by atoms with Crippen molar-refractivity contribution in [2.75, 3.05) is 0 Å². The lowest BCUT2D eigenvalue weighted by molar-refractivity contribution is -0.118. The molecule has 0 radical (unpaired) electrons. The third-order valence-electron chi connectivity index (χ3n) is 3.81. The average Bonchev–Trinajstić information content (AvgIpc) is 3.01. The molecule has 0 aliphatic heterocycles.